The highest BCUT2D eigenvalue weighted by Crippen LogP contribution is 2.44. The third-order valence-corrected chi connectivity index (χ3v) is 11.8. The normalized spacial score (nSPS) is 20.9. The van der Waals surface area contributed by atoms with Crippen LogP contribution < -0.4 is 9.64 Å². The summed E-state index contributed by atoms with van der Waals surface area (Å²) in [5.41, 5.74) is 3.91. The molecule has 3 aromatic carbocycles. The molecule has 0 bridgehead atoms. The quantitative estimate of drug-likeness (QED) is 0.0778. The van der Waals surface area contributed by atoms with Gasteiger partial charge in [-0.1, -0.05) is 79.0 Å². The molecule has 236 valence electrons. The summed E-state index contributed by atoms with van der Waals surface area (Å²) in [6, 6.07) is 19.1. The Morgan fingerprint density at radius 2 is 1.61 bits per heavy atom. The van der Waals surface area contributed by atoms with Gasteiger partial charge in [-0.05, 0) is 67.3 Å². The van der Waals surface area contributed by atoms with Crippen molar-refractivity contribution in [3.05, 3.63) is 87.9 Å². The monoisotopic (exact) mass is 810 g/mol. The average molecular weight is 813 g/mol. The van der Waals surface area contributed by atoms with Crippen LogP contribution in [-0.2, 0) is 20.7 Å². The zero-order valence-electron chi connectivity index (χ0n) is 25.0. The lowest BCUT2D eigenvalue weighted by atomic mass is 9.81. The van der Waals surface area contributed by atoms with Gasteiger partial charge in [0, 0.05) is 30.6 Å². The molecule has 46 heavy (non-hydrogen) atoms. The van der Waals surface area contributed by atoms with Crippen molar-refractivity contribution in [3.63, 3.8) is 0 Å². The van der Waals surface area contributed by atoms with Crippen LogP contribution in [0.15, 0.2) is 71.2 Å². The van der Waals surface area contributed by atoms with Crippen LogP contribution in [0.25, 0.3) is 22.2 Å². The maximum Gasteiger partial charge on any atom is 0.339 e. The van der Waals surface area contributed by atoms with E-state index in [1.807, 2.05) is 19.1 Å². The number of Topliss-reactive ketones (excluding diaryl/α,β-unsaturated/α-hetero) is 1. The van der Waals surface area contributed by atoms with E-state index in [0.717, 1.165) is 10.0 Å². The predicted molar refractivity (Wildman–Crippen MR) is 186 cm³/mol. The summed E-state index contributed by atoms with van der Waals surface area (Å²) in [7, 11) is 1.51. The Balaban J connectivity index is 1.31. The van der Waals surface area contributed by atoms with Gasteiger partial charge in [0.15, 0.2) is 12.4 Å². The number of nitrogens with zero attached hydrogens (tertiary/aromatic N) is 2. The Hall–Kier alpha value is -3.41. The summed E-state index contributed by atoms with van der Waals surface area (Å²) in [6.45, 7) is 1.56. The molecule has 1 aliphatic heterocycles. The molecule has 11 heteroatoms. The van der Waals surface area contributed by atoms with Gasteiger partial charge in [-0.3, -0.25) is 19.3 Å². The number of ether oxygens (including phenoxy) is 2. The highest BCUT2D eigenvalue weighted by atomic mass is 79.9. The zero-order chi connectivity index (χ0) is 32.7. The number of rotatable bonds is 8. The predicted octanol–water partition coefficient (Wildman–Crippen LogP) is 7.70. The van der Waals surface area contributed by atoms with Gasteiger partial charge in [-0.25, -0.2) is 9.78 Å². The molecule has 0 N–H and O–H groups in total. The Labute approximate surface area is 291 Å². The van der Waals surface area contributed by atoms with Crippen molar-refractivity contribution in [2.24, 2.45) is 11.8 Å². The summed E-state index contributed by atoms with van der Waals surface area (Å²) >= 11 is 10.8. The molecule has 1 saturated heterocycles. The van der Waals surface area contributed by atoms with Crippen LogP contribution in [0.3, 0.4) is 0 Å². The van der Waals surface area contributed by atoms with E-state index >= 15 is 0 Å². The molecule has 1 saturated carbocycles. The number of ketones is 1. The van der Waals surface area contributed by atoms with Crippen molar-refractivity contribution >= 4 is 87.9 Å². The Morgan fingerprint density at radius 3 is 2.24 bits per heavy atom. The number of hydrogen-bond donors (Lipinski definition) is 0. The van der Waals surface area contributed by atoms with Crippen LogP contribution in [0.5, 0.6) is 5.75 Å². The minimum Gasteiger partial charge on any atom is -0.497 e. The number of aryl methyl sites for hydroxylation is 1. The third kappa shape index (κ3) is 6.16. The molecule has 2 fully saturated rings. The summed E-state index contributed by atoms with van der Waals surface area (Å²) in [6.07, 6.45) is 1.86. The number of benzene rings is 3. The number of aromatic nitrogens is 1. The lowest BCUT2D eigenvalue weighted by Crippen LogP contribution is -2.34. The topological polar surface area (TPSA) is 103 Å². The number of methoxy groups -OCH3 is 1. The Morgan fingerprint density at radius 1 is 0.935 bits per heavy atom. The average Bonchev–Trinajstić information content (AvgIpc) is 3.30. The largest absolute Gasteiger partial charge is 0.497 e. The van der Waals surface area contributed by atoms with Crippen molar-refractivity contribution in [1.82, 2.24) is 4.98 Å². The van der Waals surface area contributed by atoms with E-state index in [1.165, 1.54) is 12.0 Å². The first kappa shape index (κ1) is 32.5. The van der Waals surface area contributed by atoms with Gasteiger partial charge in [0.1, 0.15) is 5.75 Å². The second-order valence-electron chi connectivity index (χ2n) is 11.4. The van der Waals surface area contributed by atoms with Crippen LogP contribution >= 0.6 is 47.8 Å². The lowest BCUT2D eigenvalue weighted by Gasteiger charge is -2.29. The highest BCUT2D eigenvalue weighted by molar-refractivity contribution is 9.12. The van der Waals surface area contributed by atoms with Gasteiger partial charge in [0.25, 0.3) is 0 Å². The van der Waals surface area contributed by atoms with E-state index in [4.69, 9.17) is 14.5 Å². The maximum atomic E-state index is 13.6. The maximum absolute atomic E-state index is 13.6. The third-order valence-electron chi connectivity index (χ3n) is 8.62. The second-order valence-corrected chi connectivity index (χ2v) is 14.6. The molecule has 8 nitrogen and oxygen atoms in total. The molecule has 0 spiro atoms. The molecule has 0 radical (unpaired) electrons. The van der Waals surface area contributed by atoms with Crippen LogP contribution in [-0.4, -0.2) is 51.9 Å². The van der Waals surface area contributed by atoms with Crippen LogP contribution in [0.2, 0.25) is 0 Å². The number of carbonyl (C=O) groups excluding carboxylic acids is 4. The van der Waals surface area contributed by atoms with E-state index < -0.39 is 12.6 Å². The van der Waals surface area contributed by atoms with Crippen molar-refractivity contribution in [2.75, 3.05) is 18.6 Å². The Kier molecular flexibility index (Phi) is 9.45. The van der Waals surface area contributed by atoms with Crippen molar-refractivity contribution in [1.29, 1.82) is 0 Å². The van der Waals surface area contributed by atoms with Crippen molar-refractivity contribution in [3.8, 4) is 17.0 Å². The minimum atomic E-state index is -0.660. The van der Waals surface area contributed by atoms with Gasteiger partial charge in [0.05, 0.1) is 41.4 Å². The first-order valence-electron chi connectivity index (χ1n) is 14.8. The molecular weight excluding hydrogens is 784 g/mol. The molecule has 2 amide bonds. The molecule has 4 atom stereocenters. The van der Waals surface area contributed by atoms with E-state index in [9.17, 15) is 19.2 Å². The molecule has 2 aliphatic rings. The Bertz CT molecular complexity index is 1850. The van der Waals surface area contributed by atoms with Crippen molar-refractivity contribution in [2.45, 2.75) is 35.8 Å². The van der Waals surface area contributed by atoms with Gasteiger partial charge < -0.3 is 9.47 Å². The van der Waals surface area contributed by atoms with E-state index in [2.05, 4.69) is 47.8 Å². The highest BCUT2D eigenvalue weighted by Gasteiger charge is 2.52. The fourth-order valence-electron chi connectivity index (χ4n) is 6.17. The molecule has 2 heterocycles. The second kappa shape index (κ2) is 13.4. The summed E-state index contributed by atoms with van der Waals surface area (Å²) in [4.78, 5) is 59.5. The number of amides is 2. The molecule has 6 rings (SSSR count). The van der Waals surface area contributed by atoms with E-state index in [-0.39, 0.29) is 44.7 Å². The minimum absolute atomic E-state index is 0.126. The smallest absolute Gasteiger partial charge is 0.339 e. The van der Waals surface area contributed by atoms with Gasteiger partial charge in [-0.2, -0.15) is 0 Å². The first-order valence-corrected chi connectivity index (χ1v) is 17.5. The summed E-state index contributed by atoms with van der Waals surface area (Å²) < 4.78 is 11.5. The number of esters is 1. The van der Waals surface area contributed by atoms with E-state index in [0.29, 0.717) is 58.4 Å². The number of anilines is 1. The standard InChI is InChI=1S/C35H29Br3N2O6/c1-3-18-11-21(36)13-24-27(35(44)46-17-31(41)20-5-4-6-23(12-20)45-2)16-30(39-32(18)24)19-7-9-22(10-8-19)40-33(42)25-14-28(37)29(38)15-26(25)34(40)43/h4-13,16,25-26,28-29H,3,14-15,17H2,1-2H3. The SMILES string of the molecule is CCc1cc(Br)cc2c(C(=O)OCC(=O)c3cccc(OC)c3)cc(-c3ccc(N4C(=O)C5CC(Br)C(Br)CC5C4=O)cc3)nc12. The fourth-order valence-corrected chi connectivity index (χ4v) is 7.91. The number of fused-ring (bicyclic) bond motifs is 2. The number of pyridine rings is 1. The number of alkyl halides is 2. The zero-order valence-corrected chi connectivity index (χ0v) is 29.7. The van der Waals surface area contributed by atoms with Crippen molar-refractivity contribution < 1.29 is 28.7 Å². The van der Waals surface area contributed by atoms with Crippen LogP contribution in [0.1, 0.15) is 46.0 Å². The number of carbonyl (C=O) groups is 4. The number of hydrogen-bond acceptors (Lipinski definition) is 7. The van der Waals surface area contributed by atoms with Crippen LogP contribution in [0, 0.1) is 11.8 Å². The summed E-state index contributed by atoms with van der Waals surface area (Å²) in [5, 5.41) is 0.594. The number of imide groups is 1. The van der Waals surface area contributed by atoms with Crippen LogP contribution in [0.4, 0.5) is 5.69 Å². The molecule has 1 aliphatic carbocycles. The lowest BCUT2D eigenvalue weighted by molar-refractivity contribution is -0.122. The van der Waals surface area contributed by atoms with Gasteiger partial charge in [-0.15, -0.1) is 0 Å². The van der Waals surface area contributed by atoms with E-state index in [1.54, 1.807) is 54.6 Å². The first-order chi connectivity index (χ1) is 22.1. The number of halogens is 3. The fraction of sp³-hybridized carbons (Fsp3) is 0.286. The molecule has 1 aromatic heterocycles. The molecule has 4 aromatic rings. The van der Waals surface area contributed by atoms with Gasteiger partial charge in [0.2, 0.25) is 11.8 Å². The molecular formula is C35H29Br3N2O6. The van der Waals surface area contributed by atoms with Gasteiger partial charge >= 0.3 is 5.97 Å². The summed E-state index contributed by atoms with van der Waals surface area (Å²) in [5.74, 6) is -1.54. The molecule has 4 unspecified atom stereocenters.